The highest BCUT2D eigenvalue weighted by atomic mass is 16.6. The fourth-order valence-corrected chi connectivity index (χ4v) is 2.42. The summed E-state index contributed by atoms with van der Waals surface area (Å²) >= 11 is 0. The number of carbonyl (C=O) groups excluding carboxylic acids is 2. The van der Waals surface area contributed by atoms with Crippen molar-refractivity contribution in [2.45, 2.75) is 25.9 Å². The van der Waals surface area contributed by atoms with Crippen molar-refractivity contribution in [3.05, 3.63) is 0 Å². The molecular formula is C9H12O3. The molecule has 3 nitrogen and oxygen atoms in total. The highest BCUT2D eigenvalue weighted by Gasteiger charge is 2.48. The first-order valence-electron chi connectivity index (χ1n) is 4.37. The summed E-state index contributed by atoms with van der Waals surface area (Å²) in [5.41, 5.74) is 0. The maximum atomic E-state index is 10.9. The number of esters is 1. The Labute approximate surface area is 71.1 Å². The molecule has 2 rings (SSSR count). The van der Waals surface area contributed by atoms with Gasteiger partial charge >= 0.3 is 5.97 Å². The molecule has 1 aliphatic carbocycles. The molecule has 66 valence electrons. The number of ether oxygens (including phenoxy) is 1. The minimum Gasteiger partial charge on any atom is -0.462 e. The molecule has 0 spiro atoms. The van der Waals surface area contributed by atoms with Crippen molar-refractivity contribution < 1.29 is 14.3 Å². The zero-order chi connectivity index (χ0) is 8.72. The third kappa shape index (κ3) is 0.958. The smallest absolute Gasteiger partial charge is 0.306 e. The molecule has 3 unspecified atom stereocenters. The van der Waals surface area contributed by atoms with Crippen LogP contribution in [0.4, 0.5) is 0 Å². The minimum absolute atomic E-state index is 0.0303. The Morgan fingerprint density at radius 3 is 3.00 bits per heavy atom. The van der Waals surface area contributed by atoms with Crippen LogP contribution in [0, 0.1) is 17.8 Å². The van der Waals surface area contributed by atoms with Crippen LogP contribution >= 0.6 is 0 Å². The lowest BCUT2D eigenvalue weighted by atomic mass is 9.90. The van der Waals surface area contributed by atoms with Crippen LogP contribution in [0.2, 0.25) is 0 Å². The largest absolute Gasteiger partial charge is 0.462 e. The van der Waals surface area contributed by atoms with Crippen LogP contribution in [0.15, 0.2) is 0 Å². The molecule has 0 aromatic heterocycles. The van der Waals surface area contributed by atoms with Crippen molar-refractivity contribution in [2.24, 2.45) is 17.8 Å². The number of hydrogen-bond acceptors (Lipinski definition) is 3. The van der Waals surface area contributed by atoms with Crippen LogP contribution in [0.1, 0.15) is 19.8 Å². The molecule has 4 atom stereocenters. The van der Waals surface area contributed by atoms with Crippen LogP contribution in [0.5, 0.6) is 0 Å². The van der Waals surface area contributed by atoms with Gasteiger partial charge in [-0.3, -0.25) is 4.79 Å². The Morgan fingerprint density at radius 1 is 1.58 bits per heavy atom. The topological polar surface area (TPSA) is 43.4 Å². The average molecular weight is 168 g/mol. The Bertz CT molecular complexity index is 224. The Hall–Kier alpha value is -0.860. The molecule has 1 saturated heterocycles. The predicted molar refractivity (Wildman–Crippen MR) is 41.3 cm³/mol. The summed E-state index contributed by atoms with van der Waals surface area (Å²) in [6.45, 7) is 2.05. The van der Waals surface area contributed by atoms with E-state index in [4.69, 9.17) is 4.74 Å². The molecule has 0 amide bonds. The summed E-state index contributed by atoms with van der Waals surface area (Å²) in [5.74, 6) is 0.459. The molecule has 3 heteroatoms. The van der Waals surface area contributed by atoms with E-state index in [1.54, 1.807) is 0 Å². The van der Waals surface area contributed by atoms with E-state index in [2.05, 4.69) is 0 Å². The molecule has 0 aromatic rings. The number of aldehydes is 1. The van der Waals surface area contributed by atoms with E-state index in [1.807, 2.05) is 6.92 Å². The first kappa shape index (κ1) is 7.77. The molecule has 1 heterocycles. The van der Waals surface area contributed by atoms with Gasteiger partial charge < -0.3 is 9.53 Å². The summed E-state index contributed by atoms with van der Waals surface area (Å²) in [7, 11) is 0. The second-order valence-electron chi connectivity index (χ2n) is 3.82. The number of fused-ring (bicyclic) bond motifs is 1. The first-order valence-corrected chi connectivity index (χ1v) is 4.37. The van der Waals surface area contributed by atoms with E-state index in [-0.39, 0.29) is 23.9 Å². The van der Waals surface area contributed by atoms with Gasteiger partial charge in [-0.1, -0.05) is 6.92 Å². The van der Waals surface area contributed by atoms with E-state index in [1.165, 1.54) is 0 Å². The standard InChI is InChI=1S/C9H12O3/c1-5-2-8-6(7(5)4-10)3-9(11)12-8/h4-8H,2-3H2,1H3/t5?,6?,7-,8?/m0/s1. The van der Waals surface area contributed by atoms with Crippen molar-refractivity contribution in [3.63, 3.8) is 0 Å². The SMILES string of the molecule is CC1CC2OC(=O)CC2[C@H]1C=O. The van der Waals surface area contributed by atoms with Gasteiger partial charge in [0.15, 0.2) is 0 Å². The second-order valence-corrected chi connectivity index (χ2v) is 3.82. The van der Waals surface area contributed by atoms with Crippen molar-refractivity contribution in [2.75, 3.05) is 0 Å². The summed E-state index contributed by atoms with van der Waals surface area (Å²) < 4.78 is 5.09. The lowest BCUT2D eigenvalue weighted by Gasteiger charge is -2.10. The summed E-state index contributed by atoms with van der Waals surface area (Å²) in [6, 6.07) is 0. The van der Waals surface area contributed by atoms with Gasteiger partial charge in [-0.2, -0.15) is 0 Å². The lowest BCUT2D eigenvalue weighted by molar-refractivity contribution is -0.141. The molecular weight excluding hydrogens is 156 g/mol. The maximum absolute atomic E-state index is 10.9. The normalized spacial score (nSPS) is 45.6. The van der Waals surface area contributed by atoms with E-state index < -0.39 is 0 Å². The van der Waals surface area contributed by atoms with Gasteiger partial charge in [0.1, 0.15) is 12.4 Å². The van der Waals surface area contributed by atoms with Gasteiger partial charge in [0.2, 0.25) is 0 Å². The van der Waals surface area contributed by atoms with Crippen LogP contribution < -0.4 is 0 Å². The number of rotatable bonds is 1. The van der Waals surface area contributed by atoms with Gasteiger partial charge in [-0.25, -0.2) is 0 Å². The third-order valence-electron chi connectivity index (χ3n) is 3.08. The molecule has 2 aliphatic rings. The summed E-state index contributed by atoms with van der Waals surface area (Å²) in [5, 5.41) is 0. The van der Waals surface area contributed by atoms with E-state index in [0.717, 1.165) is 12.7 Å². The fourth-order valence-electron chi connectivity index (χ4n) is 2.42. The number of hydrogen-bond donors (Lipinski definition) is 0. The molecule has 1 saturated carbocycles. The predicted octanol–water partition coefficient (Wildman–Crippen LogP) is 0.773. The molecule has 0 aromatic carbocycles. The van der Waals surface area contributed by atoms with Crippen molar-refractivity contribution in [1.82, 2.24) is 0 Å². The molecule has 12 heavy (non-hydrogen) atoms. The van der Waals surface area contributed by atoms with Crippen molar-refractivity contribution in [1.29, 1.82) is 0 Å². The van der Waals surface area contributed by atoms with Crippen LogP contribution in [-0.2, 0) is 14.3 Å². The highest BCUT2D eigenvalue weighted by Crippen LogP contribution is 2.43. The quantitative estimate of drug-likeness (QED) is 0.429. The van der Waals surface area contributed by atoms with Gasteiger partial charge in [-0.05, 0) is 12.3 Å². The summed E-state index contributed by atoms with van der Waals surface area (Å²) in [6.07, 6.45) is 2.32. The molecule has 0 radical (unpaired) electrons. The van der Waals surface area contributed by atoms with E-state index >= 15 is 0 Å². The van der Waals surface area contributed by atoms with Gasteiger partial charge in [0.25, 0.3) is 0 Å². The van der Waals surface area contributed by atoms with Crippen molar-refractivity contribution in [3.8, 4) is 0 Å². The Balaban J connectivity index is 2.16. The molecule has 0 bridgehead atoms. The maximum Gasteiger partial charge on any atom is 0.306 e. The van der Waals surface area contributed by atoms with E-state index in [9.17, 15) is 9.59 Å². The molecule has 1 aliphatic heterocycles. The van der Waals surface area contributed by atoms with Gasteiger partial charge in [0.05, 0.1) is 6.42 Å². The molecule has 0 N–H and O–H groups in total. The zero-order valence-corrected chi connectivity index (χ0v) is 7.03. The van der Waals surface area contributed by atoms with Crippen LogP contribution in [0.25, 0.3) is 0 Å². The fraction of sp³-hybridized carbons (Fsp3) is 0.778. The van der Waals surface area contributed by atoms with Crippen LogP contribution in [-0.4, -0.2) is 18.4 Å². The van der Waals surface area contributed by atoms with Gasteiger partial charge in [0, 0.05) is 11.8 Å². The highest BCUT2D eigenvalue weighted by molar-refractivity contribution is 5.73. The Morgan fingerprint density at radius 2 is 2.33 bits per heavy atom. The zero-order valence-electron chi connectivity index (χ0n) is 7.03. The second kappa shape index (κ2) is 2.57. The van der Waals surface area contributed by atoms with Gasteiger partial charge in [-0.15, -0.1) is 0 Å². The number of carbonyl (C=O) groups is 2. The lowest BCUT2D eigenvalue weighted by Crippen LogP contribution is -2.16. The van der Waals surface area contributed by atoms with Crippen LogP contribution in [0.3, 0.4) is 0 Å². The summed E-state index contributed by atoms with van der Waals surface area (Å²) in [4.78, 5) is 21.6. The monoisotopic (exact) mass is 168 g/mol. The van der Waals surface area contributed by atoms with Crippen molar-refractivity contribution >= 4 is 12.3 Å². The first-order chi connectivity index (χ1) is 5.72. The molecule has 2 fully saturated rings. The Kier molecular flexibility index (Phi) is 1.67. The third-order valence-corrected chi connectivity index (χ3v) is 3.08. The average Bonchev–Trinajstić information content (AvgIpc) is 2.43. The van der Waals surface area contributed by atoms with E-state index in [0.29, 0.717) is 12.3 Å². The minimum atomic E-state index is -0.135.